The molecule has 2 N–H and O–H groups in total. The Labute approximate surface area is 89.5 Å². The van der Waals surface area contributed by atoms with E-state index in [2.05, 4.69) is 14.9 Å². The molecule has 0 radical (unpaired) electrons. The van der Waals surface area contributed by atoms with E-state index in [9.17, 15) is 0 Å². The number of nitrogen functional groups attached to an aromatic ring is 1. The lowest BCUT2D eigenvalue weighted by Gasteiger charge is -2.17. The largest absolute Gasteiger partial charge is 0.384 e. The number of aromatic nitrogens is 2. The van der Waals surface area contributed by atoms with Crippen LogP contribution >= 0.6 is 0 Å². The van der Waals surface area contributed by atoms with Crippen molar-refractivity contribution in [3.63, 3.8) is 0 Å². The molecule has 1 aromatic rings. The van der Waals surface area contributed by atoms with Gasteiger partial charge in [0, 0.05) is 19.2 Å². The third kappa shape index (κ3) is 1.54. The van der Waals surface area contributed by atoms with Crippen LogP contribution in [0.15, 0.2) is 12.4 Å². The lowest BCUT2D eigenvalue weighted by molar-refractivity contribution is 0.494. The van der Waals surface area contributed by atoms with Crippen LogP contribution in [-0.2, 0) is 0 Å². The topological polar surface area (TPSA) is 55.0 Å². The second kappa shape index (κ2) is 3.36. The lowest BCUT2D eigenvalue weighted by Crippen LogP contribution is -2.22. The van der Waals surface area contributed by atoms with Crippen molar-refractivity contribution in [2.45, 2.75) is 19.3 Å². The zero-order chi connectivity index (χ0) is 10.3. The Hall–Kier alpha value is -1.32. The van der Waals surface area contributed by atoms with E-state index in [-0.39, 0.29) is 0 Å². The van der Waals surface area contributed by atoms with E-state index < -0.39 is 0 Å². The number of rotatable bonds is 1. The van der Waals surface area contributed by atoms with Gasteiger partial charge in [0.1, 0.15) is 18.0 Å². The van der Waals surface area contributed by atoms with Crippen LogP contribution in [0.4, 0.5) is 11.6 Å². The third-order valence-corrected chi connectivity index (χ3v) is 3.72. The molecular weight excluding hydrogens is 188 g/mol. The van der Waals surface area contributed by atoms with E-state index in [4.69, 9.17) is 5.73 Å². The molecule has 0 bridgehead atoms. The van der Waals surface area contributed by atoms with Gasteiger partial charge in [-0.25, -0.2) is 9.97 Å². The molecule has 15 heavy (non-hydrogen) atoms. The molecule has 1 aliphatic heterocycles. The van der Waals surface area contributed by atoms with Gasteiger partial charge in [-0.15, -0.1) is 0 Å². The second-order valence-corrected chi connectivity index (χ2v) is 4.66. The highest BCUT2D eigenvalue weighted by molar-refractivity contribution is 5.46. The van der Waals surface area contributed by atoms with Crippen molar-refractivity contribution in [1.82, 2.24) is 9.97 Å². The molecule has 4 heteroatoms. The van der Waals surface area contributed by atoms with Gasteiger partial charge in [-0.2, -0.15) is 0 Å². The predicted octanol–water partition coefficient (Wildman–Crippen LogP) is 1.30. The van der Waals surface area contributed by atoms with Gasteiger partial charge in [0.05, 0.1) is 0 Å². The molecule has 0 spiro atoms. The van der Waals surface area contributed by atoms with Crippen LogP contribution in [0, 0.1) is 11.8 Å². The van der Waals surface area contributed by atoms with Crippen molar-refractivity contribution in [3.05, 3.63) is 12.4 Å². The zero-order valence-corrected chi connectivity index (χ0v) is 8.76. The standard InChI is InChI=1S/C11H16N4/c12-10-4-11(14-7-13-10)15-5-8-2-1-3-9(8)6-15/h4,7-9H,1-3,5-6H2,(H2,12,13,14). The van der Waals surface area contributed by atoms with Crippen molar-refractivity contribution in [2.75, 3.05) is 23.7 Å². The average molecular weight is 204 g/mol. The number of hydrogen-bond acceptors (Lipinski definition) is 4. The maximum atomic E-state index is 5.66. The minimum absolute atomic E-state index is 0.567. The van der Waals surface area contributed by atoms with Crippen LogP contribution in [0.2, 0.25) is 0 Å². The van der Waals surface area contributed by atoms with E-state index in [0.29, 0.717) is 5.82 Å². The second-order valence-electron chi connectivity index (χ2n) is 4.66. The summed E-state index contributed by atoms with van der Waals surface area (Å²) in [7, 11) is 0. The number of nitrogens with two attached hydrogens (primary N) is 1. The van der Waals surface area contributed by atoms with Gasteiger partial charge in [-0.1, -0.05) is 6.42 Å². The number of fused-ring (bicyclic) bond motifs is 1. The SMILES string of the molecule is Nc1cc(N2CC3CCCC3C2)ncn1. The van der Waals surface area contributed by atoms with Crippen LogP contribution in [0.3, 0.4) is 0 Å². The van der Waals surface area contributed by atoms with E-state index in [1.54, 1.807) is 6.33 Å². The van der Waals surface area contributed by atoms with Crippen LogP contribution in [-0.4, -0.2) is 23.1 Å². The first kappa shape index (κ1) is 8.95. The monoisotopic (exact) mass is 204 g/mol. The molecule has 2 unspecified atom stereocenters. The molecule has 3 rings (SSSR count). The molecule has 4 nitrogen and oxygen atoms in total. The fourth-order valence-electron chi connectivity index (χ4n) is 2.96. The Balaban J connectivity index is 1.79. The highest BCUT2D eigenvalue weighted by Crippen LogP contribution is 2.39. The Kier molecular flexibility index (Phi) is 2.01. The van der Waals surface area contributed by atoms with Crippen molar-refractivity contribution in [2.24, 2.45) is 11.8 Å². The van der Waals surface area contributed by atoms with Crippen molar-refractivity contribution < 1.29 is 0 Å². The maximum absolute atomic E-state index is 5.66. The third-order valence-electron chi connectivity index (χ3n) is 3.72. The zero-order valence-electron chi connectivity index (χ0n) is 8.76. The van der Waals surface area contributed by atoms with Gasteiger partial charge in [-0.3, -0.25) is 0 Å². The van der Waals surface area contributed by atoms with Gasteiger partial charge in [0.2, 0.25) is 0 Å². The summed E-state index contributed by atoms with van der Waals surface area (Å²) < 4.78 is 0. The van der Waals surface area contributed by atoms with Crippen LogP contribution in [0.5, 0.6) is 0 Å². The Morgan fingerprint density at radius 2 is 1.93 bits per heavy atom. The summed E-state index contributed by atoms with van der Waals surface area (Å²) in [5.74, 6) is 3.34. The summed E-state index contributed by atoms with van der Waals surface area (Å²) in [6.45, 7) is 2.31. The van der Waals surface area contributed by atoms with E-state index in [1.165, 1.54) is 19.3 Å². The Morgan fingerprint density at radius 3 is 2.60 bits per heavy atom. The lowest BCUT2D eigenvalue weighted by atomic mass is 10.0. The van der Waals surface area contributed by atoms with Crippen LogP contribution in [0.1, 0.15) is 19.3 Å². The fourth-order valence-corrected chi connectivity index (χ4v) is 2.96. The molecular formula is C11H16N4. The molecule has 2 fully saturated rings. The van der Waals surface area contributed by atoms with Gasteiger partial charge >= 0.3 is 0 Å². The first-order chi connectivity index (χ1) is 7.33. The number of nitrogens with zero attached hydrogens (tertiary/aromatic N) is 3. The Morgan fingerprint density at radius 1 is 1.20 bits per heavy atom. The number of anilines is 2. The molecule has 1 aromatic heterocycles. The maximum Gasteiger partial charge on any atom is 0.134 e. The highest BCUT2D eigenvalue weighted by Gasteiger charge is 2.36. The van der Waals surface area contributed by atoms with Crippen LogP contribution in [0.25, 0.3) is 0 Å². The van der Waals surface area contributed by atoms with E-state index in [1.807, 2.05) is 6.07 Å². The smallest absolute Gasteiger partial charge is 0.134 e. The van der Waals surface area contributed by atoms with E-state index in [0.717, 1.165) is 30.7 Å². The first-order valence-corrected chi connectivity index (χ1v) is 5.65. The number of hydrogen-bond donors (Lipinski definition) is 1. The van der Waals surface area contributed by atoms with Crippen molar-refractivity contribution in [1.29, 1.82) is 0 Å². The minimum Gasteiger partial charge on any atom is -0.384 e. The highest BCUT2D eigenvalue weighted by atomic mass is 15.2. The molecule has 2 aliphatic rings. The summed E-state index contributed by atoms with van der Waals surface area (Å²) >= 11 is 0. The molecule has 2 atom stereocenters. The Bertz CT molecular complexity index is 353. The van der Waals surface area contributed by atoms with Crippen molar-refractivity contribution >= 4 is 11.6 Å². The average Bonchev–Trinajstić information content (AvgIpc) is 2.76. The molecule has 1 aliphatic carbocycles. The van der Waals surface area contributed by atoms with Gasteiger partial charge in [0.15, 0.2) is 0 Å². The van der Waals surface area contributed by atoms with Gasteiger partial charge < -0.3 is 10.6 Å². The van der Waals surface area contributed by atoms with Gasteiger partial charge in [-0.05, 0) is 24.7 Å². The normalized spacial score (nSPS) is 29.5. The molecule has 80 valence electrons. The molecule has 2 heterocycles. The molecule has 0 amide bonds. The minimum atomic E-state index is 0.567. The summed E-state index contributed by atoms with van der Waals surface area (Å²) in [4.78, 5) is 10.6. The first-order valence-electron chi connectivity index (χ1n) is 5.65. The van der Waals surface area contributed by atoms with E-state index >= 15 is 0 Å². The molecule has 0 aromatic carbocycles. The van der Waals surface area contributed by atoms with Crippen LogP contribution < -0.4 is 10.6 Å². The molecule has 1 saturated heterocycles. The quantitative estimate of drug-likeness (QED) is 0.749. The van der Waals surface area contributed by atoms with Gasteiger partial charge in [0.25, 0.3) is 0 Å². The summed E-state index contributed by atoms with van der Waals surface area (Å²) in [5.41, 5.74) is 5.66. The summed E-state index contributed by atoms with van der Waals surface area (Å²) in [5, 5.41) is 0. The predicted molar refractivity (Wildman–Crippen MR) is 59.5 cm³/mol. The fraction of sp³-hybridized carbons (Fsp3) is 0.636. The molecule has 1 saturated carbocycles. The van der Waals surface area contributed by atoms with Crippen molar-refractivity contribution in [3.8, 4) is 0 Å². The summed E-state index contributed by atoms with van der Waals surface area (Å²) in [6.07, 6.45) is 5.75. The summed E-state index contributed by atoms with van der Waals surface area (Å²) in [6, 6.07) is 1.88.